The van der Waals surface area contributed by atoms with Gasteiger partial charge in [-0.25, -0.2) is 0 Å². The normalized spacial score (nSPS) is 13.9. The van der Waals surface area contributed by atoms with Crippen LogP contribution in [0.2, 0.25) is 0 Å². The van der Waals surface area contributed by atoms with E-state index in [0.717, 1.165) is 19.3 Å². The predicted octanol–water partition coefficient (Wildman–Crippen LogP) is 2.58. The van der Waals surface area contributed by atoms with Crippen molar-refractivity contribution in [2.45, 2.75) is 47.0 Å². The molecule has 1 amide bonds. The summed E-state index contributed by atoms with van der Waals surface area (Å²) in [5.41, 5.74) is 0.242. The molecule has 1 N–H and O–H groups in total. The molecule has 0 aromatic rings. The number of rotatable bonds is 4. The van der Waals surface area contributed by atoms with Gasteiger partial charge in [0, 0.05) is 13.0 Å². The van der Waals surface area contributed by atoms with Crippen molar-refractivity contribution in [3.8, 4) is 0 Å². The molecule has 0 aromatic carbocycles. The molecule has 0 radical (unpaired) electrons. The molecule has 0 saturated heterocycles. The largest absolute Gasteiger partial charge is 0.359 e. The van der Waals surface area contributed by atoms with Gasteiger partial charge in [-0.05, 0) is 18.3 Å². The van der Waals surface area contributed by atoms with Crippen molar-refractivity contribution < 1.29 is 4.79 Å². The van der Waals surface area contributed by atoms with Crippen LogP contribution in [0.1, 0.15) is 47.0 Å². The zero-order chi connectivity index (χ0) is 10.5. The van der Waals surface area contributed by atoms with E-state index in [1.807, 2.05) is 0 Å². The summed E-state index contributed by atoms with van der Waals surface area (Å²) in [5.74, 6) is 0.381. The minimum absolute atomic E-state index is 0.190. The highest BCUT2D eigenvalue weighted by Gasteiger charge is 2.22. The van der Waals surface area contributed by atoms with Gasteiger partial charge in [0.1, 0.15) is 0 Å². The maximum atomic E-state index is 11.5. The first-order valence-corrected chi connectivity index (χ1v) is 5.12. The lowest BCUT2D eigenvalue weighted by Gasteiger charge is -2.24. The number of amides is 1. The fourth-order valence-electron chi connectivity index (χ4n) is 1.62. The molecule has 0 fully saturated rings. The second kappa shape index (κ2) is 5.25. The van der Waals surface area contributed by atoms with Crippen molar-refractivity contribution in [1.82, 2.24) is 5.32 Å². The van der Waals surface area contributed by atoms with Crippen LogP contribution < -0.4 is 5.32 Å². The Morgan fingerprint density at radius 3 is 2.23 bits per heavy atom. The zero-order valence-corrected chi connectivity index (χ0v) is 9.61. The van der Waals surface area contributed by atoms with E-state index in [0.29, 0.717) is 0 Å². The minimum Gasteiger partial charge on any atom is -0.359 e. The molecule has 0 aliphatic carbocycles. The molecule has 78 valence electrons. The van der Waals surface area contributed by atoms with Gasteiger partial charge in [-0.3, -0.25) is 4.79 Å². The monoisotopic (exact) mass is 185 g/mol. The lowest BCUT2D eigenvalue weighted by molar-refractivity contribution is -0.125. The van der Waals surface area contributed by atoms with Gasteiger partial charge in [-0.15, -0.1) is 0 Å². The molecule has 13 heavy (non-hydrogen) atoms. The third-order valence-corrected chi connectivity index (χ3v) is 2.11. The Hall–Kier alpha value is -0.530. The van der Waals surface area contributed by atoms with Gasteiger partial charge < -0.3 is 5.32 Å². The van der Waals surface area contributed by atoms with Crippen LogP contribution in [0.4, 0.5) is 0 Å². The Kier molecular flexibility index (Phi) is 5.04. The Morgan fingerprint density at radius 2 is 1.92 bits per heavy atom. The van der Waals surface area contributed by atoms with Crippen molar-refractivity contribution >= 4 is 5.91 Å². The molecule has 0 bridgehead atoms. The molecule has 0 saturated carbocycles. The Bertz CT molecular complexity index is 158. The van der Waals surface area contributed by atoms with E-state index in [2.05, 4.69) is 33.0 Å². The van der Waals surface area contributed by atoms with Gasteiger partial charge in [-0.1, -0.05) is 34.1 Å². The molecule has 1 unspecified atom stereocenters. The van der Waals surface area contributed by atoms with E-state index >= 15 is 0 Å². The van der Waals surface area contributed by atoms with Crippen LogP contribution in [-0.2, 0) is 4.79 Å². The first kappa shape index (κ1) is 12.5. The van der Waals surface area contributed by atoms with Gasteiger partial charge >= 0.3 is 0 Å². The van der Waals surface area contributed by atoms with E-state index in [9.17, 15) is 4.79 Å². The van der Waals surface area contributed by atoms with Crippen molar-refractivity contribution in [2.24, 2.45) is 11.3 Å². The third kappa shape index (κ3) is 5.67. The summed E-state index contributed by atoms with van der Waals surface area (Å²) in [6.07, 6.45) is 3.05. The molecule has 2 heteroatoms. The summed E-state index contributed by atoms with van der Waals surface area (Å²) in [7, 11) is 1.72. The molecule has 0 aliphatic heterocycles. The summed E-state index contributed by atoms with van der Waals surface area (Å²) in [6, 6.07) is 0. The summed E-state index contributed by atoms with van der Waals surface area (Å²) in [6.45, 7) is 8.66. The minimum atomic E-state index is 0.190. The highest BCUT2D eigenvalue weighted by atomic mass is 16.1. The molecule has 0 aliphatic rings. The molecule has 0 aromatic heterocycles. The fourth-order valence-corrected chi connectivity index (χ4v) is 1.62. The van der Waals surface area contributed by atoms with Crippen LogP contribution in [-0.4, -0.2) is 13.0 Å². The van der Waals surface area contributed by atoms with Crippen LogP contribution in [0.25, 0.3) is 0 Å². The van der Waals surface area contributed by atoms with E-state index in [1.165, 1.54) is 0 Å². The molecular formula is C11H23NO. The van der Waals surface area contributed by atoms with Gasteiger partial charge in [0.05, 0.1) is 0 Å². The van der Waals surface area contributed by atoms with Crippen molar-refractivity contribution in [3.63, 3.8) is 0 Å². The summed E-state index contributed by atoms with van der Waals surface area (Å²) in [5, 5.41) is 2.73. The molecule has 1 atom stereocenters. The third-order valence-electron chi connectivity index (χ3n) is 2.11. The van der Waals surface area contributed by atoms with Crippen LogP contribution in [0.5, 0.6) is 0 Å². The number of hydrogen-bond acceptors (Lipinski definition) is 1. The van der Waals surface area contributed by atoms with E-state index in [-0.39, 0.29) is 17.2 Å². The van der Waals surface area contributed by atoms with Crippen molar-refractivity contribution in [1.29, 1.82) is 0 Å². The summed E-state index contributed by atoms with van der Waals surface area (Å²) < 4.78 is 0. The van der Waals surface area contributed by atoms with E-state index in [4.69, 9.17) is 0 Å². The lowest BCUT2D eigenvalue weighted by atomic mass is 9.82. The number of carbonyl (C=O) groups excluding carboxylic acids is 1. The lowest BCUT2D eigenvalue weighted by Crippen LogP contribution is -2.30. The van der Waals surface area contributed by atoms with Crippen LogP contribution in [0.3, 0.4) is 0 Å². The molecule has 0 spiro atoms. The molecule has 0 rings (SSSR count). The molecule has 2 nitrogen and oxygen atoms in total. The molecular weight excluding hydrogens is 162 g/mol. The second-order valence-corrected chi connectivity index (χ2v) is 4.86. The quantitative estimate of drug-likeness (QED) is 0.716. The van der Waals surface area contributed by atoms with Crippen molar-refractivity contribution in [2.75, 3.05) is 7.05 Å². The van der Waals surface area contributed by atoms with Gasteiger partial charge in [0.2, 0.25) is 5.91 Å². The SMILES string of the molecule is CCCC(CC(C)(C)C)C(=O)NC. The molecule has 0 heterocycles. The van der Waals surface area contributed by atoms with Gasteiger partial charge in [-0.2, -0.15) is 0 Å². The summed E-state index contributed by atoms with van der Waals surface area (Å²) >= 11 is 0. The first-order chi connectivity index (χ1) is 5.90. The fraction of sp³-hybridized carbons (Fsp3) is 0.909. The Balaban J connectivity index is 4.17. The number of nitrogens with one attached hydrogen (secondary N) is 1. The predicted molar refractivity (Wildman–Crippen MR) is 56.5 cm³/mol. The Morgan fingerprint density at radius 1 is 1.38 bits per heavy atom. The smallest absolute Gasteiger partial charge is 0.222 e. The van der Waals surface area contributed by atoms with Crippen LogP contribution in [0.15, 0.2) is 0 Å². The second-order valence-electron chi connectivity index (χ2n) is 4.86. The van der Waals surface area contributed by atoms with Gasteiger partial charge in [0.25, 0.3) is 0 Å². The number of carbonyl (C=O) groups is 1. The summed E-state index contributed by atoms with van der Waals surface area (Å²) in [4.78, 5) is 11.5. The van der Waals surface area contributed by atoms with Gasteiger partial charge in [0.15, 0.2) is 0 Å². The first-order valence-electron chi connectivity index (χ1n) is 5.12. The maximum Gasteiger partial charge on any atom is 0.222 e. The highest BCUT2D eigenvalue weighted by molar-refractivity contribution is 5.78. The van der Waals surface area contributed by atoms with E-state index in [1.54, 1.807) is 7.05 Å². The average molecular weight is 185 g/mol. The average Bonchev–Trinajstić information content (AvgIpc) is 2.00. The van der Waals surface area contributed by atoms with Crippen LogP contribution >= 0.6 is 0 Å². The van der Waals surface area contributed by atoms with Crippen LogP contribution in [0, 0.1) is 11.3 Å². The topological polar surface area (TPSA) is 29.1 Å². The van der Waals surface area contributed by atoms with E-state index < -0.39 is 0 Å². The standard InChI is InChI=1S/C11H23NO/c1-6-7-9(10(13)12-5)8-11(2,3)4/h9H,6-8H2,1-5H3,(H,12,13). The number of hydrogen-bond donors (Lipinski definition) is 1. The Labute approximate surface area is 82.1 Å². The highest BCUT2D eigenvalue weighted by Crippen LogP contribution is 2.27. The van der Waals surface area contributed by atoms with Crippen molar-refractivity contribution in [3.05, 3.63) is 0 Å². The zero-order valence-electron chi connectivity index (χ0n) is 9.61. The maximum absolute atomic E-state index is 11.5.